The largest absolute Gasteiger partial charge is 0.349 e. The van der Waals surface area contributed by atoms with Gasteiger partial charge in [0, 0.05) is 42.6 Å². The van der Waals surface area contributed by atoms with Crippen LogP contribution in [0.4, 0.5) is 0 Å². The van der Waals surface area contributed by atoms with Crippen molar-refractivity contribution in [3.63, 3.8) is 0 Å². The van der Waals surface area contributed by atoms with Gasteiger partial charge in [-0.05, 0) is 12.5 Å². The Morgan fingerprint density at radius 2 is 2.14 bits per heavy atom. The molecular formula is C16H19N3O2S. The fourth-order valence-corrected chi connectivity index (χ4v) is 3.69. The Morgan fingerprint density at radius 1 is 1.36 bits per heavy atom. The number of nitrogens with one attached hydrogen (secondary N) is 1. The molecule has 2 heterocycles. The summed E-state index contributed by atoms with van der Waals surface area (Å²) in [5, 5.41) is 3.98. The minimum atomic E-state index is -0.356. The Bertz CT molecular complexity index is 725. The first-order chi connectivity index (χ1) is 10.6. The third-order valence-corrected chi connectivity index (χ3v) is 5.02. The van der Waals surface area contributed by atoms with Crippen LogP contribution in [0.15, 0.2) is 35.4 Å². The Kier molecular flexibility index (Phi) is 4.11. The monoisotopic (exact) mass is 317 g/mol. The molecule has 0 unspecified atom stereocenters. The number of para-hydroxylation sites is 1. The van der Waals surface area contributed by atoms with Gasteiger partial charge in [-0.1, -0.05) is 18.2 Å². The van der Waals surface area contributed by atoms with Crippen LogP contribution in [0.1, 0.15) is 6.42 Å². The predicted molar refractivity (Wildman–Crippen MR) is 87.8 cm³/mol. The van der Waals surface area contributed by atoms with E-state index < -0.39 is 0 Å². The molecule has 0 spiro atoms. The highest BCUT2D eigenvalue weighted by atomic mass is 32.2. The van der Waals surface area contributed by atoms with Crippen LogP contribution in [0.2, 0.25) is 0 Å². The van der Waals surface area contributed by atoms with E-state index in [0.717, 1.165) is 15.8 Å². The zero-order valence-electron chi connectivity index (χ0n) is 12.7. The number of nitrogens with zero attached hydrogens (tertiary/aromatic N) is 2. The number of aryl methyl sites for hydroxylation is 1. The van der Waals surface area contributed by atoms with Gasteiger partial charge in [0.15, 0.2) is 0 Å². The van der Waals surface area contributed by atoms with Crippen LogP contribution < -0.4 is 5.32 Å². The first-order valence-electron chi connectivity index (χ1n) is 7.27. The number of likely N-dealkylation sites (tertiary alicyclic amines) is 1. The number of amides is 2. The van der Waals surface area contributed by atoms with Crippen molar-refractivity contribution in [2.75, 3.05) is 19.3 Å². The minimum absolute atomic E-state index is 0.00325. The molecule has 22 heavy (non-hydrogen) atoms. The van der Waals surface area contributed by atoms with Crippen LogP contribution in [0, 0.1) is 0 Å². The van der Waals surface area contributed by atoms with Gasteiger partial charge in [0.25, 0.3) is 0 Å². The topological polar surface area (TPSA) is 54.3 Å². The van der Waals surface area contributed by atoms with E-state index in [1.165, 1.54) is 11.8 Å². The first kappa shape index (κ1) is 15.0. The van der Waals surface area contributed by atoms with Crippen molar-refractivity contribution in [3.05, 3.63) is 30.5 Å². The molecule has 1 fully saturated rings. The van der Waals surface area contributed by atoms with Gasteiger partial charge < -0.3 is 14.8 Å². The average Bonchev–Trinajstić information content (AvgIpc) is 3.00. The summed E-state index contributed by atoms with van der Waals surface area (Å²) in [7, 11) is 3.76. The van der Waals surface area contributed by atoms with Crippen LogP contribution in [-0.4, -0.2) is 46.7 Å². The predicted octanol–water partition coefficient (Wildman–Crippen LogP) is 1.62. The molecule has 1 N–H and O–H groups in total. The third-order valence-electron chi connectivity index (χ3n) is 3.98. The molecule has 116 valence electrons. The number of rotatable bonds is 4. The van der Waals surface area contributed by atoms with E-state index in [0.29, 0.717) is 18.7 Å². The number of aromatic nitrogens is 1. The third kappa shape index (κ3) is 2.83. The minimum Gasteiger partial charge on any atom is -0.349 e. The molecule has 2 aromatic rings. The lowest BCUT2D eigenvalue weighted by atomic mass is 10.2. The van der Waals surface area contributed by atoms with Crippen molar-refractivity contribution in [1.82, 2.24) is 14.8 Å². The molecule has 0 radical (unpaired) electrons. The van der Waals surface area contributed by atoms with Gasteiger partial charge >= 0.3 is 0 Å². The summed E-state index contributed by atoms with van der Waals surface area (Å²) in [6.45, 7) is 0.709. The van der Waals surface area contributed by atoms with Crippen LogP contribution >= 0.6 is 11.8 Å². The molecule has 1 aromatic heterocycles. The number of hydrogen-bond acceptors (Lipinski definition) is 3. The fraction of sp³-hybridized carbons (Fsp3) is 0.375. The standard InChI is InChI=1S/C16H19N3O2S/c1-18-8-7-12(16(18)21)17-15(20)10-22-14-9-19(2)13-6-4-3-5-11(13)14/h3-6,9,12H,7-8,10H2,1-2H3,(H,17,20)/t12-/m1/s1. The maximum Gasteiger partial charge on any atom is 0.244 e. The highest BCUT2D eigenvalue weighted by Crippen LogP contribution is 2.29. The summed E-state index contributed by atoms with van der Waals surface area (Å²) < 4.78 is 2.06. The number of carbonyl (C=O) groups is 2. The van der Waals surface area contributed by atoms with Crippen LogP contribution in [-0.2, 0) is 16.6 Å². The molecule has 2 amide bonds. The normalized spacial score (nSPS) is 18.2. The van der Waals surface area contributed by atoms with Gasteiger partial charge in [0.1, 0.15) is 6.04 Å². The van der Waals surface area contributed by atoms with Gasteiger partial charge in [-0.3, -0.25) is 9.59 Å². The second-order valence-corrected chi connectivity index (χ2v) is 6.60. The van der Waals surface area contributed by atoms with Gasteiger partial charge in [-0.25, -0.2) is 0 Å². The van der Waals surface area contributed by atoms with Crippen molar-refractivity contribution in [2.24, 2.45) is 7.05 Å². The average molecular weight is 317 g/mol. The van der Waals surface area contributed by atoms with Crippen LogP contribution in [0.5, 0.6) is 0 Å². The summed E-state index contributed by atoms with van der Waals surface area (Å²) in [5.74, 6) is 0.233. The summed E-state index contributed by atoms with van der Waals surface area (Å²) in [6, 6.07) is 7.77. The molecule has 6 heteroatoms. The smallest absolute Gasteiger partial charge is 0.244 e. The lowest BCUT2D eigenvalue weighted by molar-refractivity contribution is -0.131. The molecule has 1 aliphatic heterocycles. The Morgan fingerprint density at radius 3 is 2.86 bits per heavy atom. The van der Waals surface area contributed by atoms with Crippen LogP contribution in [0.3, 0.4) is 0 Å². The molecule has 3 rings (SSSR count). The van der Waals surface area contributed by atoms with Gasteiger partial charge in [0.2, 0.25) is 11.8 Å². The van der Waals surface area contributed by atoms with Crippen molar-refractivity contribution in [1.29, 1.82) is 0 Å². The SMILES string of the molecule is CN1CC[C@@H](NC(=O)CSc2cn(C)c3ccccc23)C1=O. The second-order valence-electron chi connectivity index (χ2n) is 5.58. The first-order valence-corrected chi connectivity index (χ1v) is 8.26. The summed E-state index contributed by atoms with van der Waals surface area (Å²) >= 11 is 1.51. The summed E-state index contributed by atoms with van der Waals surface area (Å²) in [6.07, 6.45) is 2.73. The zero-order chi connectivity index (χ0) is 15.7. The van der Waals surface area contributed by atoms with E-state index in [-0.39, 0.29) is 17.9 Å². The number of hydrogen-bond donors (Lipinski definition) is 1. The lowest BCUT2D eigenvalue weighted by Crippen LogP contribution is -2.41. The highest BCUT2D eigenvalue weighted by molar-refractivity contribution is 8.00. The van der Waals surface area contributed by atoms with Crippen molar-refractivity contribution >= 4 is 34.5 Å². The van der Waals surface area contributed by atoms with Gasteiger partial charge in [-0.2, -0.15) is 0 Å². The fourth-order valence-electron chi connectivity index (χ4n) is 2.76. The number of thioether (sulfide) groups is 1. The van der Waals surface area contributed by atoms with Crippen molar-refractivity contribution < 1.29 is 9.59 Å². The molecule has 0 saturated carbocycles. The number of fused-ring (bicyclic) bond motifs is 1. The molecular weight excluding hydrogens is 298 g/mol. The second kappa shape index (κ2) is 6.04. The van der Waals surface area contributed by atoms with Crippen molar-refractivity contribution in [3.8, 4) is 0 Å². The maximum absolute atomic E-state index is 12.1. The van der Waals surface area contributed by atoms with E-state index in [2.05, 4.69) is 22.0 Å². The summed E-state index contributed by atoms with van der Waals surface area (Å²) in [4.78, 5) is 26.6. The van der Waals surface area contributed by atoms with Crippen LogP contribution in [0.25, 0.3) is 10.9 Å². The van der Waals surface area contributed by atoms with Gasteiger partial charge in [-0.15, -0.1) is 11.8 Å². The van der Waals surface area contributed by atoms with E-state index in [1.54, 1.807) is 11.9 Å². The molecule has 1 saturated heterocycles. The van der Waals surface area contributed by atoms with E-state index in [4.69, 9.17) is 0 Å². The molecule has 5 nitrogen and oxygen atoms in total. The molecule has 1 aromatic carbocycles. The van der Waals surface area contributed by atoms with Gasteiger partial charge in [0.05, 0.1) is 5.75 Å². The molecule has 1 atom stereocenters. The van der Waals surface area contributed by atoms with E-state index >= 15 is 0 Å². The molecule has 0 aliphatic carbocycles. The number of likely N-dealkylation sites (N-methyl/N-ethyl adjacent to an activating group) is 1. The molecule has 0 bridgehead atoms. The Labute approximate surface area is 133 Å². The Hall–Kier alpha value is -1.95. The molecule has 1 aliphatic rings. The highest BCUT2D eigenvalue weighted by Gasteiger charge is 2.30. The van der Waals surface area contributed by atoms with E-state index in [9.17, 15) is 9.59 Å². The Balaban J connectivity index is 1.62. The number of carbonyl (C=O) groups excluding carboxylic acids is 2. The maximum atomic E-state index is 12.1. The quantitative estimate of drug-likeness (QED) is 0.872. The number of benzene rings is 1. The van der Waals surface area contributed by atoms with E-state index in [1.807, 2.05) is 25.4 Å². The summed E-state index contributed by atoms with van der Waals surface area (Å²) in [5.41, 5.74) is 1.15. The zero-order valence-corrected chi connectivity index (χ0v) is 13.5. The van der Waals surface area contributed by atoms with Crippen molar-refractivity contribution in [2.45, 2.75) is 17.4 Å². The lowest BCUT2D eigenvalue weighted by Gasteiger charge is -2.11.